The minimum absolute atomic E-state index is 0.130. The molecule has 0 radical (unpaired) electrons. The summed E-state index contributed by atoms with van der Waals surface area (Å²) >= 11 is 0. The lowest BCUT2D eigenvalue weighted by molar-refractivity contribution is 0.0979. The molecule has 0 aliphatic rings. The summed E-state index contributed by atoms with van der Waals surface area (Å²) in [4.78, 5) is 12.3. The molecule has 0 aliphatic heterocycles. The van der Waals surface area contributed by atoms with E-state index in [1.165, 1.54) is 44.9 Å². The highest BCUT2D eigenvalue weighted by atomic mass is 16.1. The Morgan fingerprint density at radius 2 is 1.45 bits per heavy atom. The first-order chi connectivity index (χ1) is 10.6. The maximum absolute atomic E-state index is 12.3. The Morgan fingerprint density at radius 1 is 0.909 bits per heavy atom. The van der Waals surface area contributed by atoms with E-state index in [0.29, 0.717) is 23.4 Å². The largest absolute Gasteiger partial charge is 0.397 e. The Bertz CT molecular complexity index is 469. The number of anilines is 2. The first-order valence-corrected chi connectivity index (χ1v) is 8.75. The second-order valence-corrected chi connectivity index (χ2v) is 6.26. The fourth-order valence-corrected chi connectivity index (χ4v) is 2.84. The van der Waals surface area contributed by atoms with Gasteiger partial charge in [-0.1, -0.05) is 64.4 Å². The van der Waals surface area contributed by atoms with Crippen molar-refractivity contribution in [2.75, 3.05) is 11.5 Å². The van der Waals surface area contributed by atoms with Gasteiger partial charge in [0, 0.05) is 12.0 Å². The molecule has 3 heteroatoms. The van der Waals surface area contributed by atoms with Crippen molar-refractivity contribution < 1.29 is 4.79 Å². The summed E-state index contributed by atoms with van der Waals surface area (Å²) in [7, 11) is 0. The van der Waals surface area contributed by atoms with E-state index in [4.69, 9.17) is 11.5 Å². The summed E-state index contributed by atoms with van der Waals surface area (Å²) in [5.41, 5.74) is 14.2. The molecule has 1 rings (SSSR count). The van der Waals surface area contributed by atoms with E-state index < -0.39 is 0 Å². The van der Waals surface area contributed by atoms with Gasteiger partial charge in [0.1, 0.15) is 0 Å². The highest BCUT2D eigenvalue weighted by Gasteiger charge is 2.14. The number of hydrogen-bond donors (Lipinski definition) is 2. The van der Waals surface area contributed by atoms with E-state index in [1.54, 1.807) is 6.07 Å². The number of unbranched alkanes of at least 4 members (excludes halogenated alkanes) is 8. The highest BCUT2D eigenvalue weighted by molar-refractivity contribution is 6.04. The lowest BCUT2D eigenvalue weighted by Gasteiger charge is -2.10. The molecule has 0 saturated heterocycles. The van der Waals surface area contributed by atoms with Crippen LogP contribution >= 0.6 is 0 Å². The second kappa shape index (κ2) is 10.3. The van der Waals surface area contributed by atoms with E-state index in [1.807, 2.05) is 13.0 Å². The number of aryl methyl sites for hydroxylation is 1. The summed E-state index contributed by atoms with van der Waals surface area (Å²) in [6, 6.07) is 3.63. The number of carbonyl (C=O) groups is 1. The highest BCUT2D eigenvalue weighted by Crippen LogP contribution is 2.25. The van der Waals surface area contributed by atoms with Gasteiger partial charge in [0.15, 0.2) is 5.78 Å². The minimum Gasteiger partial charge on any atom is -0.397 e. The maximum atomic E-state index is 12.3. The first kappa shape index (κ1) is 18.5. The van der Waals surface area contributed by atoms with Crippen LogP contribution in [0.5, 0.6) is 0 Å². The molecule has 124 valence electrons. The van der Waals surface area contributed by atoms with E-state index in [9.17, 15) is 4.79 Å². The van der Waals surface area contributed by atoms with Crippen molar-refractivity contribution in [3.63, 3.8) is 0 Å². The molecule has 0 fully saturated rings. The van der Waals surface area contributed by atoms with Crippen LogP contribution in [0.25, 0.3) is 0 Å². The molecule has 22 heavy (non-hydrogen) atoms. The van der Waals surface area contributed by atoms with Crippen LogP contribution in [0.3, 0.4) is 0 Å². The third kappa shape index (κ3) is 6.08. The second-order valence-electron chi connectivity index (χ2n) is 6.26. The molecule has 0 aromatic heterocycles. The summed E-state index contributed by atoms with van der Waals surface area (Å²) in [6.07, 6.45) is 11.9. The van der Waals surface area contributed by atoms with Crippen molar-refractivity contribution in [3.05, 3.63) is 23.3 Å². The normalized spacial score (nSPS) is 10.8. The van der Waals surface area contributed by atoms with Crippen molar-refractivity contribution in [1.29, 1.82) is 0 Å². The van der Waals surface area contributed by atoms with Crippen LogP contribution in [-0.4, -0.2) is 5.78 Å². The molecule has 0 spiro atoms. The molecule has 0 amide bonds. The van der Waals surface area contributed by atoms with Crippen LogP contribution in [0.4, 0.5) is 11.4 Å². The van der Waals surface area contributed by atoms with Gasteiger partial charge in [0.05, 0.1) is 11.4 Å². The van der Waals surface area contributed by atoms with E-state index in [2.05, 4.69) is 6.92 Å². The molecule has 4 N–H and O–H groups in total. The fourth-order valence-electron chi connectivity index (χ4n) is 2.84. The number of nitrogens with two attached hydrogens (primary N) is 2. The van der Waals surface area contributed by atoms with Gasteiger partial charge >= 0.3 is 0 Å². The molecule has 0 aliphatic carbocycles. The average Bonchev–Trinajstić information content (AvgIpc) is 2.50. The number of Topliss-reactive ketones (excluding diaryl/α,β-unsaturated/α-hetero) is 1. The molecule has 1 aromatic rings. The first-order valence-electron chi connectivity index (χ1n) is 8.75. The maximum Gasteiger partial charge on any atom is 0.165 e. The van der Waals surface area contributed by atoms with Gasteiger partial charge in [-0.15, -0.1) is 0 Å². The van der Waals surface area contributed by atoms with Crippen LogP contribution in [0, 0.1) is 6.92 Å². The van der Waals surface area contributed by atoms with Gasteiger partial charge in [-0.05, 0) is 25.0 Å². The van der Waals surface area contributed by atoms with Crippen LogP contribution in [0.15, 0.2) is 12.1 Å². The van der Waals surface area contributed by atoms with Gasteiger partial charge in [-0.2, -0.15) is 0 Å². The Hall–Kier alpha value is -1.51. The lowest BCUT2D eigenvalue weighted by atomic mass is 9.97. The number of carbonyl (C=O) groups excluding carboxylic acids is 1. The summed E-state index contributed by atoms with van der Waals surface area (Å²) in [5.74, 6) is 0.130. The smallest absolute Gasteiger partial charge is 0.165 e. The molecule has 0 saturated carbocycles. The third-order valence-electron chi connectivity index (χ3n) is 4.27. The third-order valence-corrected chi connectivity index (χ3v) is 4.27. The molecular weight excluding hydrogens is 272 g/mol. The SMILES string of the molecule is CCCCCCCCCCCC(=O)c1c(C)ccc(N)c1N. The van der Waals surface area contributed by atoms with Crippen molar-refractivity contribution in [3.8, 4) is 0 Å². The summed E-state index contributed by atoms with van der Waals surface area (Å²) < 4.78 is 0. The minimum atomic E-state index is 0.130. The zero-order valence-electron chi connectivity index (χ0n) is 14.3. The summed E-state index contributed by atoms with van der Waals surface area (Å²) in [5, 5.41) is 0. The van der Waals surface area contributed by atoms with Gasteiger partial charge in [-0.3, -0.25) is 4.79 Å². The number of ketones is 1. The zero-order chi connectivity index (χ0) is 16.4. The fraction of sp³-hybridized carbons (Fsp3) is 0.632. The number of hydrogen-bond acceptors (Lipinski definition) is 3. The number of rotatable bonds is 11. The number of benzene rings is 1. The predicted octanol–water partition coefficient (Wildman–Crippen LogP) is 5.26. The Morgan fingerprint density at radius 3 is 2.05 bits per heavy atom. The van der Waals surface area contributed by atoms with Crippen LogP contribution in [0.2, 0.25) is 0 Å². The molecular formula is C19H32N2O. The monoisotopic (exact) mass is 304 g/mol. The quantitative estimate of drug-likeness (QED) is 0.333. The number of nitrogen functional groups attached to an aromatic ring is 2. The van der Waals surface area contributed by atoms with Crippen LogP contribution in [0.1, 0.15) is 87.1 Å². The molecule has 3 nitrogen and oxygen atoms in total. The molecule has 0 heterocycles. The predicted molar refractivity (Wildman–Crippen MR) is 96.2 cm³/mol. The van der Waals surface area contributed by atoms with Gasteiger partial charge in [0.2, 0.25) is 0 Å². The average molecular weight is 304 g/mol. The van der Waals surface area contributed by atoms with E-state index >= 15 is 0 Å². The van der Waals surface area contributed by atoms with E-state index in [0.717, 1.165) is 18.4 Å². The van der Waals surface area contributed by atoms with Crippen LogP contribution in [-0.2, 0) is 0 Å². The molecule has 1 aromatic carbocycles. The summed E-state index contributed by atoms with van der Waals surface area (Å²) in [6.45, 7) is 4.16. The molecule has 0 bridgehead atoms. The molecule has 0 unspecified atom stereocenters. The van der Waals surface area contributed by atoms with Gasteiger partial charge in [0.25, 0.3) is 0 Å². The standard InChI is InChI=1S/C19H32N2O/c1-3-4-5-6-7-8-9-10-11-12-17(22)18-15(2)13-14-16(20)19(18)21/h13-14H,3-12,20-21H2,1-2H3. The van der Waals surface area contributed by atoms with Crippen LogP contribution < -0.4 is 11.5 Å². The lowest BCUT2D eigenvalue weighted by Crippen LogP contribution is -2.08. The van der Waals surface area contributed by atoms with Gasteiger partial charge in [-0.25, -0.2) is 0 Å². The molecule has 0 atom stereocenters. The zero-order valence-corrected chi connectivity index (χ0v) is 14.3. The van der Waals surface area contributed by atoms with Crippen molar-refractivity contribution in [1.82, 2.24) is 0 Å². The Balaban J connectivity index is 2.23. The Labute approximate surface area is 135 Å². The van der Waals surface area contributed by atoms with Crippen molar-refractivity contribution in [2.45, 2.75) is 78.1 Å². The van der Waals surface area contributed by atoms with Crippen molar-refractivity contribution >= 4 is 17.2 Å². The van der Waals surface area contributed by atoms with Gasteiger partial charge < -0.3 is 11.5 Å². The van der Waals surface area contributed by atoms with Crippen molar-refractivity contribution in [2.24, 2.45) is 0 Å². The topological polar surface area (TPSA) is 69.1 Å². The Kier molecular flexibility index (Phi) is 8.64. The van der Waals surface area contributed by atoms with E-state index in [-0.39, 0.29) is 5.78 Å².